The van der Waals surface area contributed by atoms with Crippen LogP contribution in [-0.4, -0.2) is 30.9 Å². The lowest BCUT2D eigenvalue weighted by atomic mass is 9.76. The van der Waals surface area contributed by atoms with Crippen LogP contribution in [0.4, 0.5) is 0 Å². The average molecular weight is 329 g/mol. The number of carbonyl (C=O) groups excluding carboxylic acids is 1. The smallest absolute Gasteiger partial charge is 0.460 e. The minimum absolute atomic E-state index is 0.158. The number of ether oxygens (including phenoxy) is 1. The summed E-state index contributed by atoms with van der Waals surface area (Å²) in [6, 6.07) is 9.99. The Morgan fingerprint density at radius 2 is 1.92 bits per heavy atom. The van der Waals surface area contributed by atoms with Gasteiger partial charge in [0.05, 0.1) is 31.1 Å². The summed E-state index contributed by atoms with van der Waals surface area (Å²) in [6.07, 6.45) is 0.372. The second kappa shape index (κ2) is 7.82. The van der Waals surface area contributed by atoms with Gasteiger partial charge in [-0.05, 0) is 39.6 Å². The van der Waals surface area contributed by atoms with Crippen LogP contribution in [-0.2, 0) is 18.8 Å². The van der Waals surface area contributed by atoms with Gasteiger partial charge in [-0.1, -0.05) is 29.8 Å². The van der Waals surface area contributed by atoms with Crippen molar-refractivity contribution < 1.29 is 18.8 Å². The molecule has 0 aromatic heterocycles. The number of hydrogen-bond donors (Lipinski definition) is 0. The van der Waals surface area contributed by atoms with E-state index in [4.69, 9.17) is 19.3 Å². The van der Waals surface area contributed by atoms with E-state index >= 15 is 0 Å². The number of carbonyl (C=O) groups is 1. The molecule has 128 valence electrons. The molecule has 1 saturated heterocycles. The summed E-state index contributed by atoms with van der Waals surface area (Å²) in [5.41, 5.74) is 1.51. The van der Waals surface area contributed by atoms with Gasteiger partial charge in [-0.3, -0.25) is 4.79 Å². The van der Waals surface area contributed by atoms with Gasteiger partial charge in [0.25, 0.3) is 0 Å². The Balaban J connectivity index is 2.06. The fourth-order valence-corrected chi connectivity index (χ4v) is 2.60. The highest BCUT2D eigenvalue weighted by Gasteiger charge is 2.36. The molecule has 0 aliphatic carbocycles. The third kappa shape index (κ3) is 5.66. The molecular formula is C18H24BNO4. The van der Waals surface area contributed by atoms with Gasteiger partial charge in [0.1, 0.15) is 5.60 Å². The van der Waals surface area contributed by atoms with E-state index in [1.165, 1.54) is 0 Å². The van der Waals surface area contributed by atoms with Crippen molar-refractivity contribution in [2.75, 3.05) is 0 Å². The zero-order valence-electron chi connectivity index (χ0n) is 14.7. The van der Waals surface area contributed by atoms with E-state index in [2.05, 4.69) is 6.07 Å². The highest BCUT2D eigenvalue weighted by Crippen LogP contribution is 2.22. The van der Waals surface area contributed by atoms with E-state index in [1.807, 2.05) is 52.0 Å². The molecule has 24 heavy (non-hydrogen) atoms. The number of aryl methyl sites for hydroxylation is 1. The van der Waals surface area contributed by atoms with E-state index in [0.717, 1.165) is 11.0 Å². The van der Waals surface area contributed by atoms with E-state index in [1.54, 1.807) is 0 Å². The second-order valence-corrected chi connectivity index (χ2v) is 7.15. The van der Waals surface area contributed by atoms with Crippen LogP contribution in [0.1, 0.15) is 45.6 Å². The molecule has 1 aromatic carbocycles. The van der Waals surface area contributed by atoms with Gasteiger partial charge in [0.2, 0.25) is 0 Å². The molecule has 0 amide bonds. The van der Waals surface area contributed by atoms with Crippen LogP contribution in [0.5, 0.6) is 0 Å². The third-order valence-corrected chi connectivity index (χ3v) is 3.64. The van der Waals surface area contributed by atoms with Gasteiger partial charge in [0, 0.05) is 0 Å². The third-order valence-electron chi connectivity index (χ3n) is 3.64. The Morgan fingerprint density at radius 1 is 1.29 bits per heavy atom. The van der Waals surface area contributed by atoms with Crippen molar-refractivity contribution in [3.8, 4) is 6.07 Å². The minimum atomic E-state index is -0.565. The normalized spacial score (nSPS) is 21.2. The first kappa shape index (κ1) is 18.5. The predicted molar refractivity (Wildman–Crippen MR) is 91.6 cm³/mol. The lowest BCUT2D eigenvalue weighted by Gasteiger charge is -2.33. The molecule has 0 bridgehead atoms. The quantitative estimate of drug-likeness (QED) is 0.627. The van der Waals surface area contributed by atoms with Crippen LogP contribution >= 0.6 is 0 Å². The average Bonchev–Trinajstić information content (AvgIpc) is 2.46. The number of rotatable bonds is 4. The fraction of sp³-hybridized carbons (Fsp3) is 0.556. The Bertz CT molecular complexity index is 603. The molecule has 1 fully saturated rings. The summed E-state index contributed by atoms with van der Waals surface area (Å²) in [7, 11) is -0.565. The predicted octanol–water partition coefficient (Wildman–Crippen LogP) is 2.51. The Labute approximate surface area is 144 Å². The molecule has 0 N–H and O–H groups in total. The summed E-state index contributed by atoms with van der Waals surface area (Å²) in [5, 5.41) is 8.97. The summed E-state index contributed by atoms with van der Waals surface area (Å²) < 4.78 is 17.2. The first-order chi connectivity index (χ1) is 11.3. The van der Waals surface area contributed by atoms with Crippen LogP contribution in [0, 0.1) is 18.3 Å². The fourth-order valence-electron chi connectivity index (χ4n) is 2.60. The molecule has 5 nitrogen and oxygen atoms in total. The molecule has 6 heteroatoms. The van der Waals surface area contributed by atoms with E-state index in [9.17, 15) is 4.79 Å². The van der Waals surface area contributed by atoms with Gasteiger partial charge in [-0.15, -0.1) is 0 Å². The standard InChI is InChI=1S/C18H24BNO4/c1-13-5-7-14(8-6-13)19-23-15(9-10-20)11-16(24-19)12-17(21)22-18(2,3)4/h5-8,15-16H,9,11-12H2,1-4H3/t15-,16-/m0/s1. The van der Waals surface area contributed by atoms with E-state index in [-0.39, 0.29) is 31.0 Å². The summed E-state index contributed by atoms with van der Waals surface area (Å²) in [6.45, 7) is 7.52. The van der Waals surface area contributed by atoms with Crippen LogP contribution in [0.3, 0.4) is 0 Å². The lowest BCUT2D eigenvalue weighted by Crippen LogP contribution is -2.49. The highest BCUT2D eigenvalue weighted by molar-refractivity contribution is 6.61. The zero-order valence-corrected chi connectivity index (χ0v) is 14.7. The first-order valence-corrected chi connectivity index (χ1v) is 8.23. The monoisotopic (exact) mass is 329 g/mol. The van der Waals surface area contributed by atoms with Gasteiger partial charge in [-0.25, -0.2) is 0 Å². The van der Waals surface area contributed by atoms with Crippen molar-refractivity contribution in [3.05, 3.63) is 29.8 Å². The molecular weight excluding hydrogens is 305 g/mol. The molecule has 2 rings (SSSR count). The molecule has 1 aliphatic rings. The Kier molecular flexibility index (Phi) is 6.03. The summed E-state index contributed by atoms with van der Waals surface area (Å²) in [5.74, 6) is -0.298. The first-order valence-electron chi connectivity index (χ1n) is 8.23. The number of benzene rings is 1. The van der Waals surface area contributed by atoms with Crippen molar-refractivity contribution in [1.82, 2.24) is 0 Å². The largest absolute Gasteiger partial charge is 0.494 e. The molecule has 0 radical (unpaired) electrons. The Morgan fingerprint density at radius 3 is 2.50 bits per heavy atom. The topological polar surface area (TPSA) is 68.5 Å². The maximum atomic E-state index is 12.1. The van der Waals surface area contributed by atoms with Gasteiger partial charge < -0.3 is 14.0 Å². The molecule has 1 aliphatic heterocycles. The Hall–Kier alpha value is -1.84. The second-order valence-electron chi connectivity index (χ2n) is 7.15. The summed E-state index contributed by atoms with van der Waals surface area (Å²) in [4.78, 5) is 12.1. The maximum absolute atomic E-state index is 12.1. The number of nitrogens with zero attached hydrogens (tertiary/aromatic N) is 1. The molecule has 1 aromatic rings. The highest BCUT2D eigenvalue weighted by atomic mass is 16.6. The maximum Gasteiger partial charge on any atom is 0.494 e. The van der Waals surface area contributed by atoms with E-state index < -0.39 is 12.7 Å². The number of nitriles is 1. The van der Waals surface area contributed by atoms with Crippen molar-refractivity contribution in [3.63, 3.8) is 0 Å². The summed E-state index contributed by atoms with van der Waals surface area (Å²) >= 11 is 0. The lowest BCUT2D eigenvalue weighted by molar-refractivity contribution is -0.157. The van der Waals surface area contributed by atoms with Crippen molar-refractivity contribution in [2.45, 2.75) is 64.8 Å². The zero-order chi connectivity index (χ0) is 17.7. The minimum Gasteiger partial charge on any atom is -0.460 e. The molecule has 0 unspecified atom stereocenters. The van der Waals surface area contributed by atoms with Gasteiger partial charge in [-0.2, -0.15) is 5.26 Å². The van der Waals surface area contributed by atoms with Crippen molar-refractivity contribution >= 4 is 18.6 Å². The van der Waals surface area contributed by atoms with Gasteiger partial charge in [0.15, 0.2) is 0 Å². The van der Waals surface area contributed by atoms with Crippen molar-refractivity contribution in [2.24, 2.45) is 0 Å². The van der Waals surface area contributed by atoms with Crippen LogP contribution in [0.2, 0.25) is 0 Å². The SMILES string of the molecule is Cc1ccc(B2O[C@H](CC(=O)OC(C)(C)C)C[C@H](CC#N)O2)cc1. The van der Waals surface area contributed by atoms with Crippen LogP contribution < -0.4 is 5.46 Å². The van der Waals surface area contributed by atoms with Crippen LogP contribution in [0.25, 0.3) is 0 Å². The molecule has 0 spiro atoms. The molecule has 0 saturated carbocycles. The van der Waals surface area contributed by atoms with Crippen molar-refractivity contribution in [1.29, 1.82) is 5.26 Å². The van der Waals surface area contributed by atoms with Crippen LogP contribution in [0.15, 0.2) is 24.3 Å². The van der Waals surface area contributed by atoms with Gasteiger partial charge >= 0.3 is 13.1 Å². The molecule has 2 atom stereocenters. The number of esters is 1. The molecule has 1 heterocycles. The van der Waals surface area contributed by atoms with E-state index in [0.29, 0.717) is 6.42 Å². The number of hydrogen-bond acceptors (Lipinski definition) is 5.